The van der Waals surface area contributed by atoms with Crippen LogP contribution in [0.2, 0.25) is 0 Å². The van der Waals surface area contributed by atoms with Gasteiger partial charge < -0.3 is 10.1 Å². The normalized spacial score (nSPS) is 11.9. The molecule has 0 spiro atoms. The summed E-state index contributed by atoms with van der Waals surface area (Å²) < 4.78 is 32.0. The Morgan fingerprint density at radius 2 is 1.43 bits per heavy atom. The molecule has 1 amide bonds. The summed E-state index contributed by atoms with van der Waals surface area (Å²) in [7, 11) is 0. The molecule has 0 aliphatic carbocycles. The average molecular weight is 426 g/mol. The van der Waals surface area contributed by atoms with E-state index in [0.717, 1.165) is 37.5 Å². The Bertz CT molecular complexity index is 637. The first kappa shape index (κ1) is 26.1. The smallest absolute Gasteiger partial charge is 0.328 e. The highest BCUT2D eigenvalue weighted by Gasteiger charge is 2.20. The summed E-state index contributed by atoms with van der Waals surface area (Å²) in [5.41, 5.74) is -0.435. The molecule has 0 radical (unpaired) electrons. The van der Waals surface area contributed by atoms with Gasteiger partial charge in [0.05, 0.1) is 12.2 Å². The number of benzene rings is 1. The number of nitrogens with one attached hydrogen (secondary N) is 1. The van der Waals surface area contributed by atoms with Gasteiger partial charge in [0, 0.05) is 0 Å². The lowest BCUT2D eigenvalue weighted by Gasteiger charge is -2.14. The molecular formula is C24H37F2NO3. The minimum absolute atomic E-state index is 0.296. The van der Waals surface area contributed by atoms with Crippen molar-refractivity contribution < 1.29 is 23.1 Å². The quantitative estimate of drug-likeness (QED) is 0.249. The fourth-order valence-electron chi connectivity index (χ4n) is 3.25. The SMILES string of the molecule is CCCCCCCCCCCCCCOC(=O)C(C)NC(=O)c1cc(F)ccc1F. The van der Waals surface area contributed by atoms with Crippen LogP contribution in [0, 0.1) is 11.6 Å². The second-order valence-corrected chi connectivity index (χ2v) is 7.88. The maximum absolute atomic E-state index is 13.6. The summed E-state index contributed by atoms with van der Waals surface area (Å²) in [5.74, 6) is -2.99. The van der Waals surface area contributed by atoms with Crippen molar-refractivity contribution in [1.29, 1.82) is 0 Å². The second kappa shape index (κ2) is 15.8. The lowest BCUT2D eigenvalue weighted by atomic mass is 10.1. The Morgan fingerprint density at radius 1 is 0.900 bits per heavy atom. The lowest BCUT2D eigenvalue weighted by Crippen LogP contribution is -2.40. The summed E-state index contributed by atoms with van der Waals surface area (Å²) in [4.78, 5) is 24.0. The minimum atomic E-state index is -0.933. The molecule has 1 aromatic carbocycles. The van der Waals surface area contributed by atoms with Crippen LogP contribution in [0.3, 0.4) is 0 Å². The topological polar surface area (TPSA) is 55.4 Å². The fourth-order valence-corrected chi connectivity index (χ4v) is 3.25. The Balaban J connectivity index is 2.06. The molecule has 0 aromatic heterocycles. The maximum atomic E-state index is 13.6. The number of ether oxygens (including phenoxy) is 1. The summed E-state index contributed by atoms with van der Waals surface area (Å²) in [5, 5.41) is 2.34. The van der Waals surface area contributed by atoms with Crippen LogP contribution in [0.15, 0.2) is 18.2 Å². The van der Waals surface area contributed by atoms with Crippen molar-refractivity contribution >= 4 is 11.9 Å². The van der Waals surface area contributed by atoms with Crippen LogP contribution in [-0.2, 0) is 9.53 Å². The predicted octanol–water partition coefficient (Wildman–Crippen LogP) is 6.33. The minimum Gasteiger partial charge on any atom is -0.464 e. The van der Waals surface area contributed by atoms with Crippen molar-refractivity contribution in [3.8, 4) is 0 Å². The van der Waals surface area contributed by atoms with E-state index >= 15 is 0 Å². The van der Waals surface area contributed by atoms with E-state index in [1.54, 1.807) is 0 Å². The Labute approximate surface area is 179 Å². The van der Waals surface area contributed by atoms with Gasteiger partial charge in [-0.25, -0.2) is 13.6 Å². The molecule has 170 valence electrons. The van der Waals surface area contributed by atoms with Gasteiger partial charge in [-0.15, -0.1) is 0 Å². The van der Waals surface area contributed by atoms with Crippen LogP contribution in [0.5, 0.6) is 0 Å². The number of hydrogen-bond acceptors (Lipinski definition) is 3. The standard InChI is InChI=1S/C24H37F2NO3/c1-3-4-5-6-7-8-9-10-11-12-13-14-17-30-24(29)19(2)27-23(28)21-18-20(25)15-16-22(21)26/h15-16,18-19H,3-14,17H2,1-2H3,(H,27,28). The number of halogens is 2. The zero-order valence-corrected chi connectivity index (χ0v) is 18.5. The number of carbonyl (C=O) groups excluding carboxylic acids is 2. The van der Waals surface area contributed by atoms with Gasteiger partial charge in [0.1, 0.15) is 17.7 Å². The Morgan fingerprint density at radius 3 is 2.00 bits per heavy atom. The summed E-state index contributed by atoms with van der Waals surface area (Å²) in [6, 6.07) is 1.67. The molecule has 0 fully saturated rings. The van der Waals surface area contributed by atoms with Gasteiger partial charge in [0.2, 0.25) is 0 Å². The van der Waals surface area contributed by atoms with E-state index in [2.05, 4.69) is 12.2 Å². The van der Waals surface area contributed by atoms with Crippen molar-refractivity contribution in [2.45, 2.75) is 96.9 Å². The predicted molar refractivity (Wildman–Crippen MR) is 115 cm³/mol. The van der Waals surface area contributed by atoms with E-state index in [4.69, 9.17) is 4.74 Å². The van der Waals surface area contributed by atoms with Crippen molar-refractivity contribution in [1.82, 2.24) is 5.32 Å². The van der Waals surface area contributed by atoms with Crippen LogP contribution in [0.1, 0.15) is 101 Å². The van der Waals surface area contributed by atoms with E-state index in [1.165, 1.54) is 64.7 Å². The van der Waals surface area contributed by atoms with Gasteiger partial charge >= 0.3 is 5.97 Å². The molecule has 1 rings (SSSR count). The zero-order valence-electron chi connectivity index (χ0n) is 18.5. The van der Waals surface area contributed by atoms with Gasteiger partial charge in [-0.1, -0.05) is 77.6 Å². The third-order valence-corrected chi connectivity index (χ3v) is 5.12. The van der Waals surface area contributed by atoms with Crippen molar-refractivity contribution in [2.24, 2.45) is 0 Å². The van der Waals surface area contributed by atoms with Gasteiger partial charge in [0.15, 0.2) is 0 Å². The van der Waals surface area contributed by atoms with Crippen LogP contribution in [0.25, 0.3) is 0 Å². The summed E-state index contributed by atoms with van der Waals surface area (Å²) in [6.07, 6.45) is 14.7. The highest BCUT2D eigenvalue weighted by Crippen LogP contribution is 2.12. The molecule has 0 saturated heterocycles. The lowest BCUT2D eigenvalue weighted by molar-refractivity contribution is -0.145. The molecule has 1 unspecified atom stereocenters. The van der Waals surface area contributed by atoms with E-state index in [0.29, 0.717) is 6.61 Å². The van der Waals surface area contributed by atoms with Gasteiger partial charge in [-0.3, -0.25) is 4.79 Å². The molecule has 4 nitrogen and oxygen atoms in total. The molecule has 1 atom stereocenters. The fraction of sp³-hybridized carbons (Fsp3) is 0.667. The second-order valence-electron chi connectivity index (χ2n) is 7.88. The third-order valence-electron chi connectivity index (χ3n) is 5.12. The first-order valence-corrected chi connectivity index (χ1v) is 11.4. The molecule has 0 bridgehead atoms. The largest absolute Gasteiger partial charge is 0.464 e. The van der Waals surface area contributed by atoms with E-state index in [1.807, 2.05) is 0 Å². The Kier molecular flexibility index (Phi) is 13.7. The molecule has 0 aliphatic heterocycles. The zero-order chi connectivity index (χ0) is 22.2. The van der Waals surface area contributed by atoms with Crippen LogP contribution in [-0.4, -0.2) is 24.5 Å². The first-order valence-electron chi connectivity index (χ1n) is 11.4. The van der Waals surface area contributed by atoms with Gasteiger partial charge in [-0.05, 0) is 31.5 Å². The summed E-state index contributed by atoms with van der Waals surface area (Å²) in [6.45, 7) is 3.99. The number of rotatable bonds is 16. The number of carbonyl (C=O) groups is 2. The Hall–Kier alpha value is -1.98. The van der Waals surface area contributed by atoms with E-state index in [-0.39, 0.29) is 0 Å². The maximum Gasteiger partial charge on any atom is 0.328 e. The van der Waals surface area contributed by atoms with E-state index < -0.39 is 35.1 Å². The highest BCUT2D eigenvalue weighted by molar-refractivity contribution is 5.96. The van der Waals surface area contributed by atoms with Crippen LogP contribution in [0.4, 0.5) is 8.78 Å². The monoisotopic (exact) mass is 425 g/mol. The van der Waals surface area contributed by atoms with Gasteiger partial charge in [0.25, 0.3) is 5.91 Å². The highest BCUT2D eigenvalue weighted by atomic mass is 19.1. The van der Waals surface area contributed by atoms with Crippen molar-refractivity contribution in [3.63, 3.8) is 0 Å². The number of esters is 1. The third kappa shape index (κ3) is 11.3. The van der Waals surface area contributed by atoms with Crippen LogP contribution >= 0.6 is 0 Å². The molecule has 0 heterocycles. The molecule has 0 aliphatic rings. The number of hydrogen-bond donors (Lipinski definition) is 1. The van der Waals surface area contributed by atoms with Crippen LogP contribution < -0.4 is 5.32 Å². The van der Waals surface area contributed by atoms with Crippen molar-refractivity contribution in [3.05, 3.63) is 35.4 Å². The molecule has 30 heavy (non-hydrogen) atoms. The molecule has 1 aromatic rings. The summed E-state index contributed by atoms with van der Waals surface area (Å²) >= 11 is 0. The molecule has 6 heteroatoms. The molecule has 0 saturated carbocycles. The molecular weight excluding hydrogens is 388 g/mol. The van der Waals surface area contributed by atoms with Gasteiger partial charge in [-0.2, -0.15) is 0 Å². The number of amides is 1. The number of unbranched alkanes of at least 4 members (excludes halogenated alkanes) is 11. The average Bonchev–Trinajstić information content (AvgIpc) is 2.72. The van der Waals surface area contributed by atoms with Crippen molar-refractivity contribution in [2.75, 3.05) is 6.61 Å². The van der Waals surface area contributed by atoms with E-state index in [9.17, 15) is 18.4 Å². The first-order chi connectivity index (χ1) is 14.5. The molecule has 1 N–H and O–H groups in total.